The maximum atomic E-state index is 6.14. The molecular weight excluding hydrogens is 422 g/mol. The van der Waals surface area contributed by atoms with Gasteiger partial charge in [0.2, 0.25) is 0 Å². The van der Waals surface area contributed by atoms with Gasteiger partial charge in [0.1, 0.15) is 11.0 Å². The maximum Gasteiger partial charge on any atom is 0.192 e. The first kappa shape index (κ1) is 21.1. The van der Waals surface area contributed by atoms with E-state index < -0.39 is 0 Å². The molecule has 0 atom stereocenters. The number of benzene rings is 1. The van der Waals surface area contributed by atoms with Gasteiger partial charge in [-0.1, -0.05) is 42.6 Å². The fourth-order valence-electron chi connectivity index (χ4n) is 3.90. The Morgan fingerprint density at radius 3 is 2.53 bits per heavy atom. The minimum absolute atomic E-state index is 0.393. The van der Waals surface area contributed by atoms with Gasteiger partial charge >= 0.3 is 0 Å². The first-order chi connectivity index (χ1) is 14.6. The highest BCUT2D eigenvalue weighted by atomic mass is 35.5. The molecule has 160 valence electrons. The number of ether oxygens (including phenoxy) is 2. The number of hydrogen-bond acceptors (Lipinski definition) is 6. The molecule has 0 bridgehead atoms. The summed E-state index contributed by atoms with van der Waals surface area (Å²) in [7, 11) is 5.21. The zero-order valence-electron chi connectivity index (χ0n) is 17.5. The molecule has 1 fully saturated rings. The normalized spacial score (nSPS) is 14.8. The van der Waals surface area contributed by atoms with Crippen molar-refractivity contribution in [1.29, 1.82) is 0 Å². The molecule has 0 aliphatic heterocycles. The summed E-state index contributed by atoms with van der Waals surface area (Å²) in [6, 6.07) is 6.29. The Balaban J connectivity index is 1.69. The van der Waals surface area contributed by atoms with Crippen molar-refractivity contribution in [3.8, 4) is 22.9 Å². The number of hydrogen-bond donors (Lipinski definition) is 0. The van der Waals surface area contributed by atoms with Gasteiger partial charge in [-0.05, 0) is 31.0 Å². The van der Waals surface area contributed by atoms with E-state index in [4.69, 9.17) is 21.1 Å². The Kier molecular flexibility index (Phi) is 6.53. The summed E-state index contributed by atoms with van der Waals surface area (Å²) in [5.41, 5.74) is 0.970. The predicted molar refractivity (Wildman–Crippen MR) is 118 cm³/mol. The van der Waals surface area contributed by atoms with Gasteiger partial charge in [0.15, 0.2) is 22.5 Å². The molecule has 1 aliphatic rings. The average Bonchev–Trinajstić information content (AvgIpc) is 3.35. The topological polar surface area (TPSA) is 67.0 Å². The Labute approximate surface area is 185 Å². The van der Waals surface area contributed by atoms with Crippen LogP contribution in [0.25, 0.3) is 11.4 Å². The molecule has 0 radical (unpaired) electrons. The van der Waals surface area contributed by atoms with Gasteiger partial charge in [-0.25, -0.2) is 4.98 Å². The van der Waals surface area contributed by atoms with Crippen molar-refractivity contribution in [2.24, 2.45) is 7.05 Å². The van der Waals surface area contributed by atoms with Gasteiger partial charge in [0, 0.05) is 18.7 Å². The molecule has 9 heteroatoms. The number of nitrogens with zero attached hydrogens (tertiary/aromatic N) is 5. The molecule has 2 heterocycles. The SMILES string of the molecule is COc1ccc(-c2nnc(SCc3ncc(Cl)n3C)n2C2CCCCC2)cc1OC. The minimum Gasteiger partial charge on any atom is -0.493 e. The summed E-state index contributed by atoms with van der Waals surface area (Å²) in [6.45, 7) is 0. The second kappa shape index (κ2) is 9.31. The van der Waals surface area contributed by atoms with E-state index in [-0.39, 0.29) is 0 Å². The van der Waals surface area contributed by atoms with Crippen LogP contribution in [-0.4, -0.2) is 38.5 Å². The molecule has 0 saturated heterocycles. The third-order valence-corrected chi connectivity index (χ3v) is 6.89. The lowest BCUT2D eigenvalue weighted by molar-refractivity contribution is 0.339. The lowest BCUT2D eigenvalue weighted by atomic mass is 9.95. The van der Waals surface area contributed by atoms with Crippen LogP contribution >= 0.6 is 23.4 Å². The van der Waals surface area contributed by atoms with Crippen LogP contribution in [0.15, 0.2) is 29.6 Å². The van der Waals surface area contributed by atoms with Crippen LogP contribution in [0.4, 0.5) is 0 Å². The smallest absolute Gasteiger partial charge is 0.192 e. The number of imidazole rings is 1. The average molecular weight is 448 g/mol. The Bertz CT molecular complexity index is 1010. The fourth-order valence-corrected chi connectivity index (χ4v) is 5.05. The van der Waals surface area contributed by atoms with E-state index >= 15 is 0 Å². The van der Waals surface area contributed by atoms with Crippen LogP contribution in [0.5, 0.6) is 11.5 Å². The first-order valence-corrected chi connectivity index (χ1v) is 11.4. The molecule has 1 aliphatic carbocycles. The molecule has 0 N–H and O–H groups in total. The molecule has 1 aromatic carbocycles. The van der Waals surface area contributed by atoms with Crippen molar-refractivity contribution in [1.82, 2.24) is 24.3 Å². The van der Waals surface area contributed by atoms with E-state index in [1.54, 1.807) is 32.2 Å². The number of aromatic nitrogens is 5. The van der Waals surface area contributed by atoms with Gasteiger partial charge in [0.25, 0.3) is 0 Å². The summed E-state index contributed by atoms with van der Waals surface area (Å²) in [6.07, 6.45) is 7.71. The highest BCUT2D eigenvalue weighted by Crippen LogP contribution is 2.38. The summed E-state index contributed by atoms with van der Waals surface area (Å²) in [5, 5.41) is 10.7. The number of thioether (sulfide) groups is 1. The standard InChI is InChI=1S/C21H26ClN5O2S/c1-26-18(22)12-23-19(26)13-30-21-25-24-20(27(21)15-7-5-4-6-8-15)14-9-10-16(28-2)17(11-14)29-3/h9-12,15H,4-8,13H2,1-3H3. The summed E-state index contributed by atoms with van der Waals surface area (Å²) in [5.74, 6) is 3.84. The van der Waals surface area contributed by atoms with Crippen molar-refractivity contribution in [3.05, 3.63) is 35.4 Å². The van der Waals surface area contributed by atoms with E-state index in [2.05, 4.69) is 19.7 Å². The van der Waals surface area contributed by atoms with Crippen LogP contribution in [0.2, 0.25) is 5.15 Å². The molecular formula is C21H26ClN5O2S. The van der Waals surface area contributed by atoms with Crippen LogP contribution in [0.3, 0.4) is 0 Å². The van der Waals surface area contributed by atoms with E-state index in [0.717, 1.165) is 35.2 Å². The van der Waals surface area contributed by atoms with Gasteiger partial charge in [-0.15, -0.1) is 10.2 Å². The Hall–Kier alpha value is -2.19. The van der Waals surface area contributed by atoms with Gasteiger partial charge < -0.3 is 14.0 Å². The van der Waals surface area contributed by atoms with Crippen LogP contribution in [0, 0.1) is 0 Å². The zero-order valence-corrected chi connectivity index (χ0v) is 19.0. The van der Waals surface area contributed by atoms with Gasteiger partial charge in [-0.2, -0.15) is 0 Å². The maximum absolute atomic E-state index is 6.14. The molecule has 0 amide bonds. The second-order valence-electron chi connectivity index (χ2n) is 7.38. The third-order valence-electron chi connectivity index (χ3n) is 5.60. The quantitative estimate of drug-likeness (QED) is 0.467. The molecule has 7 nitrogen and oxygen atoms in total. The van der Waals surface area contributed by atoms with Crippen LogP contribution in [-0.2, 0) is 12.8 Å². The Morgan fingerprint density at radius 1 is 1.10 bits per heavy atom. The van der Waals surface area contributed by atoms with E-state index in [1.165, 1.54) is 19.3 Å². The van der Waals surface area contributed by atoms with Crippen molar-refractivity contribution < 1.29 is 9.47 Å². The zero-order chi connectivity index (χ0) is 21.1. The van der Waals surface area contributed by atoms with Crippen LogP contribution < -0.4 is 9.47 Å². The Morgan fingerprint density at radius 2 is 1.87 bits per heavy atom. The van der Waals surface area contributed by atoms with Crippen LogP contribution in [0.1, 0.15) is 44.0 Å². The summed E-state index contributed by atoms with van der Waals surface area (Å²) < 4.78 is 15.1. The molecule has 0 spiro atoms. The fraction of sp³-hybridized carbons (Fsp3) is 0.476. The van der Waals surface area contributed by atoms with E-state index in [0.29, 0.717) is 28.4 Å². The molecule has 3 aromatic rings. The van der Waals surface area contributed by atoms with Crippen molar-refractivity contribution >= 4 is 23.4 Å². The monoisotopic (exact) mass is 447 g/mol. The molecule has 0 unspecified atom stereocenters. The van der Waals surface area contributed by atoms with Crippen molar-refractivity contribution in [2.45, 2.75) is 49.1 Å². The number of rotatable bonds is 7. The van der Waals surface area contributed by atoms with Gasteiger partial charge in [-0.3, -0.25) is 4.57 Å². The summed E-state index contributed by atoms with van der Waals surface area (Å²) in [4.78, 5) is 4.40. The van der Waals surface area contributed by atoms with Gasteiger partial charge in [0.05, 0.1) is 26.2 Å². The highest BCUT2D eigenvalue weighted by Gasteiger charge is 2.25. The predicted octanol–water partition coefficient (Wildman–Crippen LogP) is 5.15. The number of halogens is 1. The minimum atomic E-state index is 0.393. The lowest BCUT2D eigenvalue weighted by Crippen LogP contribution is -2.15. The first-order valence-electron chi connectivity index (χ1n) is 10.1. The second-order valence-corrected chi connectivity index (χ2v) is 8.71. The molecule has 2 aromatic heterocycles. The lowest BCUT2D eigenvalue weighted by Gasteiger charge is -2.25. The van der Waals surface area contributed by atoms with Crippen molar-refractivity contribution in [3.63, 3.8) is 0 Å². The third kappa shape index (κ3) is 4.16. The van der Waals surface area contributed by atoms with E-state index in [1.807, 2.05) is 29.8 Å². The largest absolute Gasteiger partial charge is 0.493 e. The van der Waals surface area contributed by atoms with Crippen molar-refractivity contribution in [2.75, 3.05) is 14.2 Å². The summed E-state index contributed by atoms with van der Waals surface area (Å²) >= 11 is 7.78. The molecule has 4 rings (SSSR count). The number of methoxy groups -OCH3 is 2. The highest BCUT2D eigenvalue weighted by molar-refractivity contribution is 7.98. The molecule has 30 heavy (non-hydrogen) atoms. The molecule has 1 saturated carbocycles. The van der Waals surface area contributed by atoms with E-state index in [9.17, 15) is 0 Å².